The Balaban J connectivity index is 1.96. The van der Waals surface area contributed by atoms with E-state index >= 15 is 0 Å². The zero-order valence-corrected chi connectivity index (χ0v) is 14.4. The van der Waals surface area contributed by atoms with Gasteiger partial charge in [-0.25, -0.2) is 4.98 Å². The molecule has 3 rings (SSSR count). The van der Waals surface area contributed by atoms with Crippen LogP contribution in [0.5, 0.6) is 17.2 Å². The minimum atomic E-state index is -0.889. The van der Waals surface area contributed by atoms with Gasteiger partial charge in [-0.2, -0.15) is 0 Å². The highest BCUT2D eigenvalue weighted by Crippen LogP contribution is 2.40. The molecule has 0 spiro atoms. The van der Waals surface area contributed by atoms with Gasteiger partial charge < -0.3 is 24.3 Å². The first-order valence-electron chi connectivity index (χ1n) is 7.24. The van der Waals surface area contributed by atoms with E-state index in [-0.39, 0.29) is 0 Å². The normalized spacial score (nSPS) is 12.0. The lowest BCUT2D eigenvalue weighted by Crippen LogP contribution is -2.03. The van der Waals surface area contributed by atoms with Gasteiger partial charge in [0.1, 0.15) is 11.9 Å². The summed E-state index contributed by atoms with van der Waals surface area (Å²) in [6.07, 6.45) is 0.739. The zero-order chi connectivity index (χ0) is 17.1. The van der Waals surface area contributed by atoms with E-state index in [1.54, 1.807) is 51.0 Å². The second kappa shape index (κ2) is 6.94. The lowest BCUT2D eigenvalue weighted by molar-refractivity contribution is 0.214. The molecule has 0 fully saturated rings. The molecule has 0 saturated carbocycles. The summed E-state index contributed by atoms with van der Waals surface area (Å²) in [7, 11) is 4.62. The van der Waals surface area contributed by atoms with Crippen LogP contribution in [0.15, 0.2) is 35.8 Å². The van der Waals surface area contributed by atoms with Crippen LogP contribution in [-0.4, -0.2) is 36.4 Å². The number of imidazole rings is 1. The number of hydrogen-bond donors (Lipinski definition) is 2. The van der Waals surface area contributed by atoms with Crippen LogP contribution in [-0.2, 0) is 0 Å². The van der Waals surface area contributed by atoms with Crippen LogP contribution in [0.1, 0.15) is 17.4 Å². The number of nitrogens with zero attached hydrogens (tertiary/aromatic N) is 1. The Kier molecular flexibility index (Phi) is 4.73. The molecular formula is C17H18N2O4S. The van der Waals surface area contributed by atoms with Crippen LogP contribution in [0, 0.1) is 0 Å². The van der Waals surface area contributed by atoms with E-state index in [1.807, 2.05) is 17.5 Å². The summed E-state index contributed by atoms with van der Waals surface area (Å²) in [6, 6.07) is 7.37. The number of rotatable bonds is 6. The summed E-state index contributed by atoms with van der Waals surface area (Å²) in [5.74, 6) is 2.19. The van der Waals surface area contributed by atoms with Crippen LogP contribution in [0.4, 0.5) is 0 Å². The van der Waals surface area contributed by atoms with Gasteiger partial charge in [0.05, 0.1) is 38.1 Å². The Morgan fingerprint density at radius 2 is 1.83 bits per heavy atom. The maximum absolute atomic E-state index is 10.7. The van der Waals surface area contributed by atoms with Gasteiger partial charge in [-0.1, -0.05) is 6.07 Å². The van der Waals surface area contributed by atoms with Crippen LogP contribution in [0.3, 0.4) is 0 Å². The van der Waals surface area contributed by atoms with Gasteiger partial charge in [-0.3, -0.25) is 0 Å². The molecule has 0 aliphatic carbocycles. The van der Waals surface area contributed by atoms with Crippen LogP contribution >= 0.6 is 11.3 Å². The number of ether oxygens (including phenoxy) is 3. The third-order valence-electron chi connectivity index (χ3n) is 3.65. The Bertz CT molecular complexity index is 789. The van der Waals surface area contributed by atoms with Gasteiger partial charge in [0.2, 0.25) is 5.75 Å². The highest BCUT2D eigenvalue weighted by atomic mass is 32.1. The van der Waals surface area contributed by atoms with E-state index < -0.39 is 6.10 Å². The van der Waals surface area contributed by atoms with Gasteiger partial charge in [0.25, 0.3) is 0 Å². The molecule has 0 bridgehead atoms. The molecule has 0 saturated heterocycles. The average Bonchev–Trinajstić information content (AvgIpc) is 3.30. The molecule has 7 heteroatoms. The monoisotopic (exact) mass is 346 g/mol. The second-order valence-electron chi connectivity index (χ2n) is 5.03. The Hall–Kier alpha value is -2.51. The number of thiophene rings is 1. The topological polar surface area (TPSA) is 76.6 Å². The first-order chi connectivity index (χ1) is 11.7. The third-order valence-corrected chi connectivity index (χ3v) is 4.52. The van der Waals surface area contributed by atoms with E-state index in [9.17, 15) is 5.11 Å². The molecule has 1 atom stereocenters. The van der Waals surface area contributed by atoms with Gasteiger partial charge >= 0.3 is 0 Å². The molecule has 2 N–H and O–H groups in total. The quantitative estimate of drug-likeness (QED) is 0.716. The fourth-order valence-electron chi connectivity index (χ4n) is 2.45. The van der Waals surface area contributed by atoms with Crippen molar-refractivity contribution >= 4 is 11.3 Å². The SMILES string of the molecule is COc1cc(C(O)c2cnc(-c3cccs3)[nH]2)cc(OC)c1OC. The van der Waals surface area contributed by atoms with E-state index in [0.717, 1.165) is 10.7 Å². The van der Waals surface area contributed by atoms with Crippen molar-refractivity contribution in [2.45, 2.75) is 6.10 Å². The summed E-state index contributed by atoms with van der Waals surface area (Å²) >= 11 is 1.58. The molecule has 24 heavy (non-hydrogen) atoms. The number of benzene rings is 1. The molecule has 3 aromatic rings. The van der Waals surface area contributed by atoms with Crippen LogP contribution in [0.2, 0.25) is 0 Å². The molecule has 0 aliphatic heterocycles. The molecule has 2 heterocycles. The molecule has 2 aromatic heterocycles. The number of hydrogen-bond acceptors (Lipinski definition) is 6. The Morgan fingerprint density at radius 1 is 1.12 bits per heavy atom. The maximum atomic E-state index is 10.7. The van der Waals surface area contributed by atoms with Crippen molar-refractivity contribution in [3.8, 4) is 28.0 Å². The lowest BCUT2D eigenvalue weighted by Gasteiger charge is -2.16. The molecule has 126 valence electrons. The van der Waals surface area contributed by atoms with Gasteiger partial charge in [-0.05, 0) is 29.1 Å². The fourth-order valence-corrected chi connectivity index (χ4v) is 3.13. The van der Waals surface area contributed by atoms with Gasteiger partial charge in [0, 0.05) is 0 Å². The first-order valence-corrected chi connectivity index (χ1v) is 8.12. The summed E-state index contributed by atoms with van der Waals surface area (Å²) in [5, 5.41) is 12.7. The predicted molar refractivity (Wildman–Crippen MR) is 92.1 cm³/mol. The number of nitrogens with one attached hydrogen (secondary N) is 1. The number of methoxy groups -OCH3 is 3. The standard InChI is InChI=1S/C17H18N2O4S/c1-21-12-7-10(8-13(22-2)16(12)23-3)15(20)11-9-18-17(19-11)14-5-4-6-24-14/h4-9,15,20H,1-3H3,(H,18,19). The minimum Gasteiger partial charge on any atom is -0.493 e. The number of aliphatic hydroxyl groups is 1. The van der Waals surface area contributed by atoms with Crippen LogP contribution in [0.25, 0.3) is 10.7 Å². The summed E-state index contributed by atoms with van der Waals surface area (Å²) in [6.45, 7) is 0. The van der Waals surface area contributed by atoms with Crippen molar-refractivity contribution in [1.82, 2.24) is 9.97 Å². The number of aromatic amines is 1. The number of H-pyrrole nitrogens is 1. The largest absolute Gasteiger partial charge is 0.493 e. The van der Waals surface area contributed by atoms with Crippen LogP contribution < -0.4 is 14.2 Å². The van der Waals surface area contributed by atoms with E-state index in [0.29, 0.717) is 28.5 Å². The number of aliphatic hydroxyl groups excluding tert-OH is 1. The smallest absolute Gasteiger partial charge is 0.203 e. The van der Waals surface area contributed by atoms with E-state index in [4.69, 9.17) is 14.2 Å². The average molecular weight is 346 g/mol. The van der Waals surface area contributed by atoms with Crippen molar-refractivity contribution < 1.29 is 19.3 Å². The van der Waals surface area contributed by atoms with Gasteiger partial charge in [0.15, 0.2) is 11.5 Å². The molecular weight excluding hydrogens is 328 g/mol. The van der Waals surface area contributed by atoms with E-state index in [1.165, 1.54) is 0 Å². The molecule has 0 aliphatic rings. The maximum Gasteiger partial charge on any atom is 0.203 e. The second-order valence-corrected chi connectivity index (χ2v) is 5.97. The summed E-state index contributed by atoms with van der Waals surface area (Å²) < 4.78 is 16.0. The molecule has 6 nitrogen and oxygen atoms in total. The minimum absolute atomic E-state index is 0.486. The molecule has 1 unspecified atom stereocenters. The zero-order valence-electron chi connectivity index (χ0n) is 13.6. The molecule has 1 aromatic carbocycles. The Labute approximate surface area is 143 Å². The highest BCUT2D eigenvalue weighted by Gasteiger charge is 2.20. The summed E-state index contributed by atoms with van der Waals surface area (Å²) in [5.41, 5.74) is 1.21. The summed E-state index contributed by atoms with van der Waals surface area (Å²) in [4.78, 5) is 8.50. The van der Waals surface area contributed by atoms with Crippen molar-refractivity contribution in [2.75, 3.05) is 21.3 Å². The van der Waals surface area contributed by atoms with Crippen molar-refractivity contribution in [3.05, 3.63) is 47.1 Å². The number of aromatic nitrogens is 2. The first kappa shape index (κ1) is 16.4. The van der Waals surface area contributed by atoms with Crippen molar-refractivity contribution in [2.24, 2.45) is 0 Å². The van der Waals surface area contributed by atoms with Gasteiger partial charge in [-0.15, -0.1) is 11.3 Å². The third kappa shape index (κ3) is 2.95. The van der Waals surface area contributed by atoms with Crippen molar-refractivity contribution in [1.29, 1.82) is 0 Å². The van der Waals surface area contributed by atoms with Crippen molar-refractivity contribution in [3.63, 3.8) is 0 Å². The van der Waals surface area contributed by atoms with E-state index in [2.05, 4.69) is 9.97 Å². The molecule has 0 amide bonds. The highest BCUT2D eigenvalue weighted by molar-refractivity contribution is 7.13. The lowest BCUT2D eigenvalue weighted by atomic mass is 10.1. The molecule has 0 radical (unpaired) electrons. The fraction of sp³-hybridized carbons (Fsp3) is 0.235. The Morgan fingerprint density at radius 3 is 2.38 bits per heavy atom. The predicted octanol–water partition coefficient (Wildman–Crippen LogP) is 3.25.